The Morgan fingerprint density at radius 3 is 2.61 bits per heavy atom. The van der Waals surface area contributed by atoms with Crippen LogP contribution in [-0.2, 0) is 14.8 Å². The number of amides is 1. The SMILES string of the molecule is CCS(=O)(=O)N(CC(=O)NN)c1cccc(C)c1. The first-order chi connectivity index (χ1) is 8.40. The van der Waals surface area contributed by atoms with Gasteiger partial charge in [0.15, 0.2) is 0 Å². The van der Waals surface area contributed by atoms with E-state index in [-0.39, 0.29) is 12.3 Å². The van der Waals surface area contributed by atoms with Crippen molar-refractivity contribution in [3.63, 3.8) is 0 Å². The van der Waals surface area contributed by atoms with E-state index in [9.17, 15) is 13.2 Å². The van der Waals surface area contributed by atoms with Gasteiger partial charge in [-0.25, -0.2) is 14.3 Å². The molecule has 18 heavy (non-hydrogen) atoms. The van der Waals surface area contributed by atoms with Crippen molar-refractivity contribution in [2.24, 2.45) is 5.84 Å². The van der Waals surface area contributed by atoms with Crippen LogP contribution in [0.1, 0.15) is 12.5 Å². The number of hydrogen-bond donors (Lipinski definition) is 2. The molecule has 1 rings (SSSR count). The Labute approximate surface area is 107 Å². The standard InChI is InChI=1S/C11H17N3O3S/c1-3-18(16,17)14(8-11(15)13-12)10-6-4-5-9(2)7-10/h4-7H,3,8,12H2,1-2H3,(H,13,15). The normalized spacial score (nSPS) is 11.1. The number of rotatable bonds is 5. The van der Waals surface area contributed by atoms with Crippen LogP contribution >= 0.6 is 0 Å². The van der Waals surface area contributed by atoms with Crippen molar-refractivity contribution in [2.45, 2.75) is 13.8 Å². The number of aryl methyl sites for hydroxylation is 1. The lowest BCUT2D eigenvalue weighted by atomic mass is 10.2. The highest BCUT2D eigenvalue weighted by Gasteiger charge is 2.23. The van der Waals surface area contributed by atoms with Crippen LogP contribution in [0, 0.1) is 6.92 Å². The number of sulfonamides is 1. The van der Waals surface area contributed by atoms with Gasteiger partial charge in [-0.2, -0.15) is 0 Å². The van der Waals surface area contributed by atoms with Crippen LogP contribution in [-0.4, -0.2) is 26.6 Å². The maximum Gasteiger partial charge on any atom is 0.254 e. The van der Waals surface area contributed by atoms with Gasteiger partial charge in [0.1, 0.15) is 6.54 Å². The highest BCUT2D eigenvalue weighted by Crippen LogP contribution is 2.19. The molecule has 0 aliphatic carbocycles. The quantitative estimate of drug-likeness (QED) is 0.452. The molecule has 0 radical (unpaired) electrons. The van der Waals surface area contributed by atoms with Crippen molar-refractivity contribution >= 4 is 21.6 Å². The number of hydrogen-bond acceptors (Lipinski definition) is 4. The first-order valence-electron chi connectivity index (χ1n) is 5.47. The molecule has 6 nitrogen and oxygen atoms in total. The molecule has 0 saturated carbocycles. The molecule has 0 saturated heterocycles. The Hall–Kier alpha value is -1.60. The lowest BCUT2D eigenvalue weighted by Gasteiger charge is -2.23. The Kier molecular flexibility index (Phi) is 4.69. The van der Waals surface area contributed by atoms with E-state index in [1.807, 2.05) is 18.4 Å². The average Bonchev–Trinajstić information content (AvgIpc) is 2.35. The summed E-state index contributed by atoms with van der Waals surface area (Å²) >= 11 is 0. The molecule has 100 valence electrons. The second kappa shape index (κ2) is 5.83. The monoisotopic (exact) mass is 271 g/mol. The molecule has 0 unspecified atom stereocenters. The fourth-order valence-corrected chi connectivity index (χ4v) is 2.53. The van der Waals surface area contributed by atoms with E-state index in [2.05, 4.69) is 0 Å². The van der Waals surface area contributed by atoms with Gasteiger partial charge in [-0.15, -0.1) is 0 Å². The van der Waals surface area contributed by atoms with Crippen molar-refractivity contribution < 1.29 is 13.2 Å². The van der Waals surface area contributed by atoms with E-state index in [1.165, 1.54) is 6.92 Å². The minimum absolute atomic E-state index is 0.0845. The van der Waals surface area contributed by atoms with Crippen molar-refractivity contribution in [1.82, 2.24) is 5.43 Å². The van der Waals surface area contributed by atoms with Crippen LogP contribution in [0.4, 0.5) is 5.69 Å². The lowest BCUT2D eigenvalue weighted by molar-refractivity contribution is -0.119. The van der Waals surface area contributed by atoms with Crippen LogP contribution in [0.5, 0.6) is 0 Å². The van der Waals surface area contributed by atoms with Crippen LogP contribution < -0.4 is 15.6 Å². The van der Waals surface area contributed by atoms with Gasteiger partial charge < -0.3 is 0 Å². The molecular formula is C11H17N3O3S. The number of carbonyl (C=O) groups excluding carboxylic acids is 1. The molecule has 0 fully saturated rings. The third kappa shape index (κ3) is 3.44. The van der Waals surface area contributed by atoms with Crippen LogP contribution in [0.15, 0.2) is 24.3 Å². The molecule has 1 amide bonds. The second-order valence-corrected chi connectivity index (χ2v) is 6.00. The maximum atomic E-state index is 12.0. The molecule has 0 aromatic heterocycles. The predicted molar refractivity (Wildman–Crippen MR) is 70.3 cm³/mol. The Bertz CT molecular complexity index is 528. The van der Waals surface area contributed by atoms with Crippen molar-refractivity contribution in [1.29, 1.82) is 0 Å². The predicted octanol–water partition coefficient (Wildman–Crippen LogP) is 0.141. The molecule has 0 bridgehead atoms. The zero-order valence-electron chi connectivity index (χ0n) is 10.4. The summed E-state index contributed by atoms with van der Waals surface area (Å²) in [6.07, 6.45) is 0. The molecule has 0 aliphatic rings. The number of nitrogens with one attached hydrogen (secondary N) is 1. The summed E-state index contributed by atoms with van der Waals surface area (Å²) in [4.78, 5) is 11.3. The summed E-state index contributed by atoms with van der Waals surface area (Å²) in [5.41, 5.74) is 3.30. The Balaban J connectivity index is 3.17. The highest BCUT2D eigenvalue weighted by atomic mass is 32.2. The first kappa shape index (κ1) is 14.5. The highest BCUT2D eigenvalue weighted by molar-refractivity contribution is 7.92. The molecule has 1 aromatic rings. The van der Waals surface area contributed by atoms with Gasteiger partial charge in [0.05, 0.1) is 11.4 Å². The van der Waals surface area contributed by atoms with E-state index in [1.54, 1.807) is 18.2 Å². The fraction of sp³-hybridized carbons (Fsp3) is 0.364. The zero-order valence-corrected chi connectivity index (χ0v) is 11.2. The molecule has 7 heteroatoms. The maximum absolute atomic E-state index is 12.0. The number of nitrogens with two attached hydrogens (primary N) is 1. The molecule has 0 aliphatic heterocycles. The van der Waals surface area contributed by atoms with Gasteiger partial charge in [-0.3, -0.25) is 14.5 Å². The average molecular weight is 271 g/mol. The molecule has 0 spiro atoms. The second-order valence-electron chi connectivity index (χ2n) is 3.81. The van der Waals surface area contributed by atoms with Crippen molar-refractivity contribution in [3.8, 4) is 0 Å². The number of nitrogens with zero attached hydrogens (tertiary/aromatic N) is 1. The topological polar surface area (TPSA) is 92.5 Å². The molecule has 1 aromatic carbocycles. The minimum Gasteiger partial charge on any atom is -0.293 e. The smallest absolute Gasteiger partial charge is 0.254 e. The molecule has 0 heterocycles. The van der Waals surface area contributed by atoms with Crippen LogP contribution in [0.2, 0.25) is 0 Å². The summed E-state index contributed by atoms with van der Waals surface area (Å²) in [6.45, 7) is 3.05. The van der Waals surface area contributed by atoms with Crippen molar-refractivity contribution in [3.05, 3.63) is 29.8 Å². The van der Waals surface area contributed by atoms with Gasteiger partial charge in [-0.1, -0.05) is 12.1 Å². The van der Waals surface area contributed by atoms with Crippen LogP contribution in [0.25, 0.3) is 0 Å². The third-order valence-corrected chi connectivity index (χ3v) is 4.18. The van der Waals surface area contributed by atoms with E-state index in [4.69, 9.17) is 5.84 Å². The zero-order chi connectivity index (χ0) is 13.8. The lowest BCUT2D eigenvalue weighted by Crippen LogP contribution is -2.43. The van der Waals surface area contributed by atoms with Gasteiger partial charge in [0, 0.05) is 0 Å². The van der Waals surface area contributed by atoms with E-state index >= 15 is 0 Å². The van der Waals surface area contributed by atoms with Crippen LogP contribution in [0.3, 0.4) is 0 Å². The molecule has 3 N–H and O–H groups in total. The summed E-state index contributed by atoms with van der Waals surface area (Å²) in [5.74, 6) is 4.35. The Morgan fingerprint density at radius 1 is 1.44 bits per heavy atom. The van der Waals surface area contributed by atoms with Crippen molar-refractivity contribution in [2.75, 3.05) is 16.6 Å². The number of benzene rings is 1. The summed E-state index contributed by atoms with van der Waals surface area (Å²) in [5, 5.41) is 0. The van der Waals surface area contributed by atoms with Gasteiger partial charge in [0.2, 0.25) is 10.0 Å². The van der Waals surface area contributed by atoms with E-state index in [0.717, 1.165) is 9.87 Å². The molecule has 0 atom stereocenters. The van der Waals surface area contributed by atoms with E-state index in [0.29, 0.717) is 5.69 Å². The third-order valence-electron chi connectivity index (χ3n) is 2.44. The summed E-state index contributed by atoms with van der Waals surface area (Å²) in [7, 11) is -3.52. The largest absolute Gasteiger partial charge is 0.293 e. The Morgan fingerprint density at radius 2 is 2.11 bits per heavy atom. The first-order valence-corrected chi connectivity index (χ1v) is 7.08. The number of anilines is 1. The van der Waals surface area contributed by atoms with Gasteiger partial charge >= 0.3 is 0 Å². The number of hydrazine groups is 1. The number of carbonyl (C=O) groups is 1. The summed E-state index contributed by atoms with van der Waals surface area (Å²) < 4.78 is 25.0. The summed E-state index contributed by atoms with van der Waals surface area (Å²) in [6, 6.07) is 6.94. The van der Waals surface area contributed by atoms with E-state index < -0.39 is 15.9 Å². The fourth-order valence-electron chi connectivity index (χ4n) is 1.47. The molecular weight excluding hydrogens is 254 g/mol. The van der Waals surface area contributed by atoms with Gasteiger partial charge in [-0.05, 0) is 31.5 Å². The minimum atomic E-state index is -3.52. The van der Waals surface area contributed by atoms with Gasteiger partial charge in [0.25, 0.3) is 5.91 Å².